The molecule has 6 nitrogen and oxygen atoms in total. The van der Waals surface area contributed by atoms with Gasteiger partial charge in [0.1, 0.15) is 4.90 Å². The van der Waals surface area contributed by atoms with E-state index < -0.39 is 16.1 Å². The molecule has 1 rings (SSSR count). The van der Waals surface area contributed by atoms with E-state index in [1.807, 2.05) is 6.92 Å². The Morgan fingerprint density at radius 1 is 1.65 bits per heavy atom. The van der Waals surface area contributed by atoms with Gasteiger partial charge in [0.15, 0.2) is 5.82 Å². The fourth-order valence-electron chi connectivity index (χ4n) is 1.27. The van der Waals surface area contributed by atoms with Crippen LogP contribution in [0, 0.1) is 12.3 Å². The number of nitrogens with one attached hydrogen (secondary N) is 1. The molecule has 0 saturated carbocycles. The van der Waals surface area contributed by atoms with Crippen molar-refractivity contribution in [1.29, 1.82) is 0 Å². The Morgan fingerprint density at radius 3 is 2.71 bits per heavy atom. The van der Waals surface area contributed by atoms with E-state index in [0.29, 0.717) is 13.0 Å². The third-order valence-corrected chi connectivity index (χ3v) is 3.76. The van der Waals surface area contributed by atoms with Crippen molar-refractivity contribution in [2.75, 3.05) is 5.73 Å². The zero-order valence-electron chi connectivity index (χ0n) is 9.84. The van der Waals surface area contributed by atoms with E-state index in [4.69, 9.17) is 12.2 Å². The van der Waals surface area contributed by atoms with E-state index in [9.17, 15) is 8.42 Å². The second-order valence-electron chi connectivity index (χ2n) is 3.48. The Balaban J connectivity index is 3.05. The second-order valence-corrected chi connectivity index (χ2v) is 5.17. The average molecular weight is 256 g/mol. The van der Waals surface area contributed by atoms with Crippen molar-refractivity contribution in [1.82, 2.24) is 14.5 Å². The third kappa shape index (κ3) is 2.99. The molecule has 0 aliphatic rings. The van der Waals surface area contributed by atoms with Crippen LogP contribution in [0.15, 0.2) is 11.1 Å². The lowest BCUT2D eigenvalue weighted by molar-refractivity contribution is 0.570. The summed E-state index contributed by atoms with van der Waals surface area (Å²) < 4.78 is 27.8. The first-order chi connectivity index (χ1) is 7.94. The number of rotatable bonds is 5. The number of aromatic nitrogens is 2. The molecule has 1 atom stereocenters. The van der Waals surface area contributed by atoms with Crippen LogP contribution in [-0.4, -0.2) is 24.2 Å². The minimum absolute atomic E-state index is 0.0220. The van der Waals surface area contributed by atoms with Crippen LogP contribution in [0.2, 0.25) is 0 Å². The van der Waals surface area contributed by atoms with E-state index in [-0.39, 0.29) is 10.7 Å². The maximum absolute atomic E-state index is 12.0. The Hall–Kier alpha value is -1.52. The number of anilines is 1. The highest BCUT2D eigenvalue weighted by Gasteiger charge is 2.23. The molecule has 94 valence electrons. The fraction of sp³-hybridized carbons (Fsp3) is 0.500. The van der Waals surface area contributed by atoms with Gasteiger partial charge in [-0.25, -0.2) is 8.42 Å². The molecule has 3 N–H and O–H groups in total. The van der Waals surface area contributed by atoms with Gasteiger partial charge in [0, 0.05) is 12.7 Å². The summed E-state index contributed by atoms with van der Waals surface area (Å²) in [6.07, 6.45) is 7.11. The average Bonchev–Trinajstić information content (AvgIpc) is 2.68. The van der Waals surface area contributed by atoms with Gasteiger partial charge in [-0.2, -0.15) is 9.82 Å². The highest BCUT2D eigenvalue weighted by molar-refractivity contribution is 7.89. The molecular formula is C10H16N4O2S. The lowest BCUT2D eigenvalue weighted by atomic mass is 10.3. The molecule has 1 unspecified atom stereocenters. The number of terminal acetylenes is 1. The molecule has 0 amide bonds. The van der Waals surface area contributed by atoms with E-state index >= 15 is 0 Å². The molecule has 0 saturated heterocycles. The third-order valence-electron chi connectivity index (χ3n) is 2.28. The molecule has 0 spiro atoms. The predicted octanol–water partition coefficient (Wildman–Crippen LogP) is 0.175. The molecule has 7 heteroatoms. The maximum atomic E-state index is 12.0. The molecule has 0 aromatic carbocycles. The fourth-order valence-corrected chi connectivity index (χ4v) is 2.59. The van der Waals surface area contributed by atoms with Gasteiger partial charge in [-0.1, -0.05) is 12.8 Å². The van der Waals surface area contributed by atoms with Gasteiger partial charge in [0.2, 0.25) is 10.0 Å². The van der Waals surface area contributed by atoms with Gasteiger partial charge >= 0.3 is 0 Å². The predicted molar refractivity (Wildman–Crippen MR) is 65.5 cm³/mol. The first kappa shape index (κ1) is 13.5. The Morgan fingerprint density at radius 2 is 2.29 bits per heavy atom. The standard InChI is InChI=1S/C10H16N4O2S/c1-4-8(5-2)13-17(15,16)9-7-14(6-3)12-10(9)11/h1,7-8,13H,5-6H2,2-3H3,(H2,11,12). The maximum Gasteiger partial charge on any atom is 0.246 e. The Labute approximate surface area is 101 Å². The molecule has 0 bridgehead atoms. The monoisotopic (exact) mass is 256 g/mol. The van der Waals surface area contributed by atoms with Gasteiger partial charge in [0.05, 0.1) is 6.04 Å². The van der Waals surface area contributed by atoms with Gasteiger partial charge in [-0.15, -0.1) is 6.42 Å². The van der Waals surface area contributed by atoms with Crippen LogP contribution in [0.25, 0.3) is 0 Å². The zero-order valence-corrected chi connectivity index (χ0v) is 10.7. The summed E-state index contributed by atoms with van der Waals surface area (Å²) in [5.41, 5.74) is 5.56. The van der Waals surface area contributed by atoms with Crippen LogP contribution in [-0.2, 0) is 16.6 Å². The Bertz CT molecular complexity index is 527. The molecule has 1 aromatic rings. The lowest BCUT2D eigenvalue weighted by Crippen LogP contribution is -2.33. The molecule has 1 aromatic heterocycles. The van der Waals surface area contributed by atoms with E-state index in [1.165, 1.54) is 10.9 Å². The van der Waals surface area contributed by atoms with Crippen molar-refractivity contribution in [3.8, 4) is 12.3 Å². The highest BCUT2D eigenvalue weighted by atomic mass is 32.2. The SMILES string of the molecule is C#CC(CC)NS(=O)(=O)c1cn(CC)nc1N. The normalized spacial score (nSPS) is 13.2. The summed E-state index contributed by atoms with van der Waals surface area (Å²) in [5.74, 6) is 2.34. The van der Waals surface area contributed by atoms with Crippen LogP contribution in [0.3, 0.4) is 0 Å². The van der Waals surface area contributed by atoms with E-state index in [2.05, 4.69) is 15.7 Å². The topological polar surface area (TPSA) is 90.0 Å². The first-order valence-corrected chi connectivity index (χ1v) is 6.74. The number of sulfonamides is 1. The van der Waals surface area contributed by atoms with Crippen molar-refractivity contribution < 1.29 is 8.42 Å². The van der Waals surface area contributed by atoms with Crippen molar-refractivity contribution in [3.05, 3.63) is 6.20 Å². The van der Waals surface area contributed by atoms with Gasteiger partial charge in [-0.3, -0.25) is 4.68 Å². The molecule has 1 heterocycles. The molecular weight excluding hydrogens is 240 g/mol. The summed E-state index contributed by atoms with van der Waals surface area (Å²) >= 11 is 0. The van der Waals surface area contributed by atoms with Crippen LogP contribution >= 0.6 is 0 Å². The van der Waals surface area contributed by atoms with Gasteiger partial charge < -0.3 is 5.73 Å². The van der Waals surface area contributed by atoms with Gasteiger partial charge in [0.25, 0.3) is 0 Å². The number of nitrogens with zero attached hydrogens (tertiary/aromatic N) is 2. The zero-order chi connectivity index (χ0) is 13.1. The molecule has 17 heavy (non-hydrogen) atoms. The largest absolute Gasteiger partial charge is 0.381 e. The van der Waals surface area contributed by atoms with Crippen molar-refractivity contribution in [2.24, 2.45) is 0 Å². The van der Waals surface area contributed by atoms with Crippen molar-refractivity contribution in [2.45, 2.75) is 37.8 Å². The molecule has 0 radical (unpaired) electrons. The number of aryl methyl sites for hydroxylation is 1. The van der Waals surface area contributed by atoms with Gasteiger partial charge in [-0.05, 0) is 13.3 Å². The summed E-state index contributed by atoms with van der Waals surface area (Å²) in [6.45, 7) is 4.19. The minimum atomic E-state index is -3.70. The number of hydrogen-bond acceptors (Lipinski definition) is 4. The van der Waals surface area contributed by atoms with Crippen LogP contribution < -0.4 is 10.5 Å². The second kappa shape index (κ2) is 5.21. The van der Waals surface area contributed by atoms with Crippen LogP contribution in [0.1, 0.15) is 20.3 Å². The van der Waals surface area contributed by atoms with Crippen LogP contribution in [0.5, 0.6) is 0 Å². The summed E-state index contributed by atoms with van der Waals surface area (Å²) in [4.78, 5) is -0.0342. The van der Waals surface area contributed by atoms with Crippen LogP contribution in [0.4, 0.5) is 5.82 Å². The van der Waals surface area contributed by atoms with Crippen molar-refractivity contribution in [3.63, 3.8) is 0 Å². The molecule has 0 aliphatic heterocycles. The minimum Gasteiger partial charge on any atom is -0.381 e. The number of nitrogen functional groups attached to an aromatic ring is 1. The van der Waals surface area contributed by atoms with E-state index in [1.54, 1.807) is 6.92 Å². The summed E-state index contributed by atoms with van der Waals surface area (Å²) in [7, 11) is -3.70. The van der Waals surface area contributed by atoms with E-state index in [0.717, 1.165) is 0 Å². The van der Waals surface area contributed by atoms with Crippen molar-refractivity contribution >= 4 is 15.8 Å². The first-order valence-electron chi connectivity index (χ1n) is 5.26. The Kier molecular flexibility index (Phi) is 4.15. The number of nitrogens with two attached hydrogens (primary N) is 1. The molecule has 0 aliphatic carbocycles. The summed E-state index contributed by atoms with van der Waals surface area (Å²) in [5, 5.41) is 3.88. The highest BCUT2D eigenvalue weighted by Crippen LogP contribution is 2.16. The lowest BCUT2D eigenvalue weighted by Gasteiger charge is -2.10. The quantitative estimate of drug-likeness (QED) is 0.735. The smallest absolute Gasteiger partial charge is 0.246 e. The number of hydrogen-bond donors (Lipinski definition) is 2. The molecule has 0 fully saturated rings. The summed E-state index contributed by atoms with van der Waals surface area (Å²) in [6, 6.07) is -0.538.